The fourth-order valence-corrected chi connectivity index (χ4v) is 18.1. The number of nitrogens with zero attached hydrogens (tertiary/aromatic N) is 3. The van der Waals surface area contributed by atoms with E-state index in [9.17, 15) is 0 Å². The van der Waals surface area contributed by atoms with Crippen LogP contribution in [0.2, 0.25) is 19.1 Å². The number of allylic oxidation sites excluding steroid dienone is 1. The smallest absolute Gasteiger partial charge is 0.225 e. The Kier molecular flexibility index (Phi) is 11.8. The van der Waals surface area contributed by atoms with Crippen LogP contribution in [-0.4, -0.2) is 12.6 Å². The third-order valence-corrected chi connectivity index (χ3v) is 22.4. The molecule has 2 aliphatic heterocycles. The van der Waals surface area contributed by atoms with Crippen LogP contribution in [0.5, 0.6) is 0 Å². The van der Waals surface area contributed by atoms with Crippen LogP contribution in [-0.2, 0) is 19.0 Å². The molecule has 12 rings (SSSR count). The minimum atomic E-state index is -1.84. The Bertz CT molecular complexity index is 3570. The van der Waals surface area contributed by atoms with E-state index in [1.165, 1.54) is 137 Å². The van der Waals surface area contributed by atoms with E-state index in [4.69, 9.17) is 6.58 Å². The average molecular weight is 980 g/mol. The van der Waals surface area contributed by atoms with Gasteiger partial charge in [0.1, 0.15) is 5.69 Å². The predicted molar refractivity (Wildman–Crippen MR) is 310 cm³/mol. The molecule has 1 saturated carbocycles. The van der Waals surface area contributed by atoms with Crippen molar-refractivity contribution < 1.29 is 9.13 Å². The number of para-hydroxylation sites is 2. The first-order chi connectivity index (χ1) is 34.8. The molecule has 2 unspecified atom stereocenters. The van der Waals surface area contributed by atoms with Crippen molar-refractivity contribution in [1.29, 1.82) is 0 Å². The Morgan fingerprint density at radius 1 is 0.736 bits per heavy atom. The van der Waals surface area contributed by atoms with E-state index < -0.39 is 8.07 Å². The number of thiophene rings is 1. The van der Waals surface area contributed by atoms with Crippen LogP contribution in [0.4, 0.5) is 0 Å². The molecule has 0 radical (unpaired) electrons. The van der Waals surface area contributed by atoms with Gasteiger partial charge in [-0.2, -0.15) is 9.13 Å². The van der Waals surface area contributed by atoms with E-state index >= 15 is 0 Å². The van der Waals surface area contributed by atoms with Crippen molar-refractivity contribution in [3.63, 3.8) is 0 Å². The third kappa shape index (κ3) is 7.30. The molecule has 3 aromatic heterocycles. The molecule has 2 atom stereocenters. The number of rotatable bonds is 10. The maximum atomic E-state index is 4.89. The molecule has 5 heterocycles. The van der Waals surface area contributed by atoms with Crippen LogP contribution in [0.15, 0.2) is 146 Å². The number of benzene rings is 6. The second-order valence-corrected chi connectivity index (χ2v) is 29.4. The van der Waals surface area contributed by atoms with E-state index in [1.54, 1.807) is 10.8 Å². The predicted octanol–water partition coefficient (Wildman–Crippen LogP) is 17.1. The molecule has 9 aromatic rings. The summed E-state index contributed by atoms with van der Waals surface area (Å²) in [7, 11) is 0.499. The lowest BCUT2D eigenvalue weighted by atomic mass is 9.68. The molecule has 0 N–H and O–H groups in total. The summed E-state index contributed by atoms with van der Waals surface area (Å²) in [5.74, 6) is 2.97. The monoisotopic (exact) mass is 980 g/mol. The second-order valence-electron chi connectivity index (χ2n) is 23.5. The van der Waals surface area contributed by atoms with E-state index in [0.717, 1.165) is 12.8 Å². The summed E-state index contributed by atoms with van der Waals surface area (Å²) < 4.78 is 10.8. The molecular formula is C67H73N3SSi+2. The van der Waals surface area contributed by atoms with Gasteiger partial charge in [0.25, 0.3) is 5.82 Å². The minimum absolute atomic E-state index is 0.163. The molecule has 0 amide bonds. The average Bonchev–Trinajstić information content (AvgIpc) is 3.89. The Hall–Kier alpha value is -5.88. The summed E-state index contributed by atoms with van der Waals surface area (Å²) in [6.45, 7) is 24.6. The van der Waals surface area contributed by atoms with E-state index in [-0.39, 0.29) is 23.3 Å². The van der Waals surface area contributed by atoms with Gasteiger partial charge in [0, 0.05) is 49.8 Å². The summed E-state index contributed by atoms with van der Waals surface area (Å²) in [5.41, 5.74) is 19.0. The number of fused-ring (bicyclic) bond motifs is 7. The number of pyridine rings is 1. The van der Waals surface area contributed by atoms with E-state index in [1.807, 2.05) is 11.3 Å². The highest BCUT2D eigenvalue weighted by Crippen LogP contribution is 2.53. The Morgan fingerprint density at radius 3 is 2.12 bits per heavy atom. The fraction of sp³-hybridized carbons (Fsp3) is 0.343. The molecule has 0 spiro atoms. The number of hydrogen-bond acceptors (Lipinski definition) is 1. The van der Waals surface area contributed by atoms with Crippen LogP contribution < -0.4 is 14.3 Å². The topological polar surface area (TPSA) is 12.7 Å². The lowest BCUT2D eigenvalue weighted by Gasteiger charge is -2.39. The number of imidazole rings is 1. The third-order valence-electron chi connectivity index (χ3n) is 17.9. The van der Waals surface area contributed by atoms with Crippen LogP contribution in [0.1, 0.15) is 143 Å². The molecule has 6 aromatic carbocycles. The Morgan fingerprint density at radius 2 is 1.40 bits per heavy atom. The highest BCUT2D eigenvalue weighted by atomic mass is 32.1. The van der Waals surface area contributed by atoms with Gasteiger partial charge in [0.2, 0.25) is 5.69 Å². The summed E-state index contributed by atoms with van der Waals surface area (Å²) in [5, 5.41) is 4.48. The number of hydrogen-bond donors (Lipinski definition) is 0. The lowest BCUT2D eigenvalue weighted by Crippen LogP contribution is -2.62. The molecular weight excluding hydrogens is 907 g/mol. The van der Waals surface area contributed by atoms with Crippen LogP contribution in [0.25, 0.3) is 70.7 Å². The van der Waals surface area contributed by atoms with Gasteiger partial charge in [-0.3, -0.25) is 0 Å². The van der Waals surface area contributed by atoms with Crippen molar-refractivity contribution in [2.45, 2.75) is 141 Å². The van der Waals surface area contributed by atoms with Gasteiger partial charge in [0.05, 0.1) is 31.3 Å². The molecule has 0 saturated heterocycles. The van der Waals surface area contributed by atoms with Crippen molar-refractivity contribution in [2.75, 3.05) is 0 Å². The van der Waals surface area contributed by atoms with E-state index in [2.05, 4.69) is 215 Å². The molecule has 364 valence electrons. The second kappa shape index (κ2) is 18.0. The van der Waals surface area contributed by atoms with Gasteiger partial charge in [0.15, 0.2) is 22.8 Å². The van der Waals surface area contributed by atoms with Gasteiger partial charge in [-0.1, -0.05) is 165 Å². The fourth-order valence-electron chi connectivity index (χ4n) is 14.0. The van der Waals surface area contributed by atoms with Gasteiger partial charge in [-0.25, -0.2) is 4.57 Å². The molecule has 3 aliphatic rings. The van der Waals surface area contributed by atoms with Crippen molar-refractivity contribution in [3.8, 4) is 39.5 Å². The summed E-state index contributed by atoms with van der Waals surface area (Å²) in [4.78, 5) is 0. The molecule has 1 fully saturated rings. The minimum Gasteiger partial charge on any atom is -0.225 e. The van der Waals surface area contributed by atoms with Crippen molar-refractivity contribution in [1.82, 2.24) is 4.57 Å². The summed E-state index contributed by atoms with van der Waals surface area (Å²) >= 11 is 2.00. The SMILES string of the molecule is C=CC12CC[Si](C)(C)c3c[n+]1c(cc3C1CCCCC1)-c1ccccc1C2Cc1cc(C(C)C)c2c(sc3ccccc32)c1-c1n(-c2c(C(C)C)cc(-c3ccccc3)cc2C(C)C)c2ccccc2[n+]1C. The number of aromatic nitrogens is 3. The first-order valence-corrected chi connectivity index (χ1v) is 31.4. The summed E-state index contributed by atoms with van der Waals surface area (Å²) in [6.07, 6.45) is 13.8. The largest absolute Gasteiger partial charge is 0.296 e. The Balaban J connectivity index is 1.18. The van der Waals surface area contributed by atoms with E-state index in [0.29, 0.717) is 11.8 Å². The molecule has 3 nitrogen and oxygen atoms in total. The van der Waals surface area contributed by atoms with Crippen LogP contribution in [0.3, 0.4) is 0 Å². The zero-order valence-corrected chi connectivity index (χ0v) is 46.1. The van der Waals surface area contributed by atoms with Crippen molar-refractivity contribution in [3.05, 3.63) is 180 Å². The normalized spacial score (nSPS) is 18.7. The maximum Gasteiger partial charge on any atom is 0.296 e. The van der Waals surface area contributed by atoms with Gasteiger partial charge < -0.3 is 0 Å². The summed E-state index contributed by atoms with van der Waals surface area (Å²) in [6, 6.07) is 50.6. The van der Waals surface area contributed by atoms with Crippen LogP contribution in [0, 0.1) is 0 Å². The first kappa shape index (κ1) is 47.1. The zero-order valence-electron chi connectivity index (χ0n) is 44.3. The maximum absolute atomic E-state index is 4.89. The van der Waals surface area contributed by atoms with Crippen molar-refractivity contribution >= 4 is 55.8 Å². The van der Waals surface area contributed by atoms with Crippen LogP contribution >= 0.6 is 11.3 Å². The molecule has 1 aliphatic carbocycles. The zero-order chi connectivity index (χ0) is 49.8. The quantitative estimate of drug-likeness (QED) is 0.0736. The highest BCUT2D eigenvalue weighted by Gasteiger charge is 2.55. The molecule has 72 heavy (non-hydrogen) atoms. The lowest BCUT2D eigenvalue weighted by molar-refractivity contribution is -0.748. The first-order valence-electron chi connectivity index (χ1n) is 27.3. The standard InChI is InChI=1S/C67H73N3SSi/c1-11-67-34-35-72(9,10)61-41-69(67)59(40-55(61)46-26-16-13-17-27-46)50-29-19-18-28-49(50)56(67)39-48-38-52(42(2)3)63-51-30-20-23-33-60(51)71-65(63)62(48)66-68(8)57-31-21-22-32-58(57)70(66)64-53(43(4)5)36-47(37-54(64)44(6)7)45-24-14-12-15-25-45/h11-12,14-15,18-25,28-33,36-38,40-44,46,56H,1,13,16-17,26-27,34-35,39H2,2-10H3/q+2. The number of aryl methyl sites for hydroxylation is 1. The molecule has 2 bridgehead atoms. The van der Waals surface area contributed by atoms with Gasteiger partial charge in [-0.05, 0) is 125 Å². The van der Waals surface area contributed by atoms with Crippen molar-refractivity contribution in [2.24, 2.45) is 7.05 Å². The Labute approximate surface area is 433 Å². The highest BCUT2D eigenvalue weighted by molar-refractivity contribution is 7.26. The van der Waals surface area contributed by atoms with Gasteiger partial charge >= 0.3 is 0 Å². The van der Waals surface area contributed by atoms with Gasteiger partial charge in [-0.15, -0.1) is 11.3 Å². The molecule has 5 heteroatoms.